The Balaban J connectivity index is 1.26. The van der Waals surface area contributed by atoms with Crippen LogP contribution in [0.3, 0.4) is 0 Å². The number of fused-ring (bicyclic) bond motifs is 3. The summed E-state index contributed by atoms with van der Waals surface area (Å²) in [7, 11) is 1.91. The third-order valence-corrected chi connectivity index (χ3v) is 7.28. The molecule has 160 valence electrons. The highest BCUT2D eigenvalue weighted by Gasteiger charge is 2.50. The third-order valence-electron chi connectivity index (χ3n) is 7.28. The van der Waals surface area contributed by atoms with Crippen molar-refractivity contribution in [2.75, 3.05) is 18.5 Å². The molecule has 6 nitrogen and oxygen atoms in total. The number of carbonyl (C=O) groups is 1. The molecule has 0 aromatic heterocycles. The monoisotopic (exact) mass is 416 g/mol. The van der Waals surface area contributed by atoms with E-state index >= 15 is 0 Å². The molecule has 5 rings (SSSR count). The number of amides is 1. The summed E-state index contributed by atoms with van der Waals surface area (Å²) in [5.74, 6) is 0.571. The molecule has 0 spiro atoms. The Labute approximate surface area is 182 Å². The first-order valence-electron chi connectivity index (χ1n) is 11.1. The smallest absolute Gasteiger partial charge is 0.241 e. The molecule has 4 unspecified atom stereocenters. The van der Waals surface area contributed by atoms with E-state index in [9.17, 15) is 15.2 Å². The van der Waals surface area contributed by atoms with Crippen LogP contribution < -0.4 is 15.5 Å². The molecule has 0 radical (unpaired) electrons. The number of hydrogen-bond acceptors (Lipinski definition) is 5. The lowest BCUT2D eigenvalue weighted by Crippen LogP contribution is -2.55. The summed E-state index contributed by atoms with van der Waals surface area (Å²) in [5, 5.41) is 26.0. The maximum atomic E-state index is 12.8. The molecular weight excluding hydrogens is 388 g/mol. The molecular formula is C25H28N4O2. The first kappa shape index (κ1) is 20.0. The van der Waals surface area contributed by atoms with Crippen molar-refractivity contribution in [2.24, 2.45) is 5.92 Å². The lowest BCUT2D eigenvalue weighted by Gasteiger charge is -2.27. The van der Waals surface area contributed by atoms with Gasteiger partial charge in [-0.15, -0.1) is 0 Å². The minimum Gasteiger partial charge on any atom is -0.373 e. The second kappa shape index (κ2) is 7.67. The minimum atomic E-state index is -0.538. The van der Waals surface area contributed by atoms with Crippen LogP contribution in [0.5, 0.6) is 0 Å². The zero-order valence-electron chi connectivity index (χ0n) is 17.8. The zero-order chi connectivity index (χ0) is 21.6. The van der Waals surface area contributed by atoms with Crippen molar-refractivity contribution in [1.82, 2.24) is 10.6 Å². The van der Waals surface area contributed by atoms with Gasteiger partial charge in [-0.1, -0.05) is 36.4 Å². The number of piperidine rings is 1. The Morgan fingerprint density at radius 2 is 2.10 bits per heavy atom. The van der Waals surface area contributed by atoms with Gasteiger partial charge in [-0.25, -0.2) is 0 Å². The van der Waals surface area contributed by atoms with E-state index in [1.54, 1.807) is 0 Å². The lowest BCUT2D eigenvalue weighted by atomic mass is 9.96. The number of nitrogens with zero attached hydrogens (tertiary/aromatic N) is 2. The number of carbonyl (C=O) groups excluding carboxylic acids is 1. The van der Waals surface area contributed by atoms with Gasteiger partial charge in [0.15, 0.2) is 0 Å². The van der Waals surface area contributed by atoms with Gasteiger partial charge in [0.2, 0.25) is 5.91 Å². The number of aliphatic hydroxyl groups excluding tert-OH is 1. The molecule has 4 atom stereocenters. The third kappa shape index (κ3) is 3.58. The van der Waals surface area contributed by atoms with E-state index in [-0.39, 0.29) is 5.91 Å². The van der Waals surface area contributed by atoms with Gasteiger partial charge < -0.3 is 20.6 Å². The van der Waals surface area contributed by atoms with Gasteiger partial charge in [0.25, 0.3) is 0 Å². The van der Waals surface area contributed by atoms with Crippen LogP contribution in [0.2, 0.25) is 0 Å². The summed E-state index contributed by atoms with van der Waals surface area (Å²) in [6.07, 6.45) is 3.53. The normalized spacial score (nSPS) is 27.1. The van der Waals surface area contributed by atoms with Crippen molar-refractivity contribution < 1.29 is 9.90 Å². The topological polar surface area (TPSA) is 88.4 Å². The minimum absolute atomic E-state index is 0.0277. The van der Waals surface area contributed by atoms with E-state index in [1.165, 1.54) is 0 Å². The van der Waals surface area contributed by atoms with Gasteiger partial charge in [-0.2, -0.15) is 5.26 Å². The van der Waals surface area contributed by atoms with Gasteiger partial charge >= 0.3 is 0 Å². The van der Waals surface area contributed by atoms with Crippen LogP contribution >= 0.6 is 0 Å². The SMILES string of the molecule is CN1c2cc(-c3ccc(CC(C#N)NC(=O)C45CCC(CN4)C5)cc3)ccc2CC1O. The summed E-state index contributed by atoms with van der Waals surface area (Å²) < 4.78 is 0. The number of benzene rings is 2. The number of nitriles is 1. The van der Waals surface area contributed by atoms with Gasteiger partial charge in [0.1, 0.15) is 12.3 Å². The fraction of sp³-hybridized carbons (Fsp3) is 0.440. The molecule has 2 aliphatic heterocycles. The maximum Gasteiger partial charge on any atom is 0.241 e. The molecule has 1 saturated carbocycles. The molecule has 2 bridgehead atoms. The van der Waals surface area contributed by atoms with Crippen LogP contribution in [0, 0.1) is 17.2 Å². The highest BCUT2D eigenvalue weighted by atomic mass is 16.3. The fourth-order valence-corrected chi connectivity index (χ4v) is 5.34. The van der Waals surface area contributed by atoms with Crippen LogP contribution in [0.15, 0.2) is 42.5 Å². The van der Waals surface area contributed by atoms with E-state index in [0.29, 0.717) is 18.8 Å². The van der Waals surface area contributed by atoms with Gasteiger partial charge in [-0.05, 0) is 60.0 Å². The fourth-order valence-electron chi connectivity index (χ4n) is 5.34. The van der Waals surface area contributed by atoms with Crippen molar-refractivity contribution in [2.45, 2.75) is 49.9 Å². The Hall–Kier alpha value is -2.88. The summed E-state index contributed by atoms with van der Waals surface area (Å²) in [6.45, 7) is 0.906. The molecule has 1 saturated heterocycles. The summed E-state index contributed by atoms with van der Waals surface area (Å²) in [6, 6.07) is 16.1. The van der Waals surface area contributed by atoms with E-state index in [0.717, 1.165) is 53.7 Å². The number of hydrogen-bond donors (Lipinski definition) is 3. The Bertz CT molecular complexity index is 1030. The second-order valence-corrected chi connectivity index (χ2v) is 9.27. The Morgan fingerprint density at radius 1 is 1.32 bits per heavy atom. The molecule has 31 heavy (non-hydrogen) atoms. The average Bonchev–Trinajstić information content (AvgIpc) is 3.48. The Morgan fingerprint density at radius 3 is 2.74 bits per heavy atom. The van der Waals surface area contributed by atoms with Crippen LogP contribution in [0.1, 0.15) is 30.4 Å². The van der Waals surface area contributed by atoms with Crippen LogP contribution in [0.25, 0.3) is 11.1 Å². The van der Waals surface area contributed by atoms with Crippen LogP contribution in [-0.4, -0.2) is 42.4 Å². The largest absolute Gasteiger partial charge is 0.373 e. The van der Waals surface area contributed by atoms with E-state index in [4.69, 9.17) is 0 Å². The van der Waals surface area contributed by atoms with Crippen molar-refractivity contribution in [3.63, 3.8) is 0 Å². The molecule has 2 aromatic carbocycles. The number of nitrogens with one attached hydrogen (secondary N) is 2. The summed E-state index contributed by atoms with van der Waals surface area (Å²) >= 11 is 0. The van der Waals surface area contributed by atoms with Crippen molar-refractivity contribution in [1.29, 1.82) is 5.26 Å². The van der Waals surface area contributed by atoms with Crippen LogP contribution in [0.4, 0.5) is 5.69 Å². The predicted octanol–water partition coefficient (Wildman–Crippen LogP) is 2.36. The standard InChI is InChI=1S/C25H28N4O2/c1-29-22-11-19(6-7-20(22)12-23(29)30)18-4-2-16(3-5-18)10-21(14-26)28-24(31)25-9-8-17(13-25)15-27-25/h2-7,11,17,21,23,27,30H,8-10,12-13,15H2,1H3,(H,28,31). The van der Waals surface area contributed by atoms with E-state index in [2.05, 4.69) is 47.0 Å². The molecule has 1 amide bonds. The van der Waals surface area contributed by atoms with Gasteiger partial charge in [-0.3, -0.25) is 4.79 Å². The van der Waals surface area contributed by atoms with Gasteiger partial charge in [0, 0.05) is 25.6 Å². The van der Waals surface area contributed by atoms with Crippen molar-refractivity contribution >= 4 is 11.6 Å². The quantitative estimate of drug-likeness (QED) is 0.696. The lowest BCUT2D eigenvalue weighted by molar-refractivity contribution is -0.127. The van der Waals surface area contributed by atoms with Crippen LogP contribution in [-0.2, 0) is 17.6 Å². The molecule has 6 heteroatoms. The molecule has 3 N–H and O–H groups in total. The summed E-state index contributed by atoms with van der Waals surface area (Å²) in [4.78, 5) is 14.7. The van der Waals surface area contributed by atoms with Gasteiger partial charge in [0.05, 0.1) is 11.6 Å². The molecule has 2 heterocycles. The average molecular weight is 417 g/mol. The number of rotatable bonds is 5. The van der Waals surface area contributed by atoms with E-state index < -0.39 is 17.8 Å². The van der Waals surface area contributed by atoms with E-state index in [1.807, 2.05) is 24.1 Å². The molecule has 2 aromatic rings. The van der Waals surface area contributed by atoms with Crippen molar-refractivity contribution in [3.05, 3.63) is 53.6 Å². The zero-order valence-corrected chi connectivity index (χ0v) is 17.8. The molecule has 1 aliphatic carbocycles. The molecule has 2 fully saturated rings. The van der Waals surface area contributed by atoms with Crippen molar-refractivity contribution in [3.8, 4) is 17.2 Å². The first-order chi connectivity index (χ1) is 15.0. The first-order valence-corrected chi connectivity index (χ1v) is 11.1. The maximum absolute atomic E-state index is 12.8. The second-order valence-electron chi connectivity index (χ2n) is 9.27. The highest BCUT2D eigenvalue weighted by molar-refractivity contribution is 5.87. The Kier molecular flexibility index (Phi) is 4.96. The number of likely N-dealkylation sites (N-methyl/N-ethyl adjacent to an activating group) is 1. The predicted molar refractivity (Wildman–Crippen MR) is 119 cm³/mol. The number of anilines is 1. The number of aliphatic hydroxyl groups is 1. The molecule has 3 aliphatic rings. The highest BCUT2D eigenvalue weighted by Crippen LogP contribution is 2.40. The summed E-state index contributed by atoms with van der Waals surface area (Å²) in [5.41, 5.74) is 4.97.